The summed E-state index contributed by atoms with van der Waals surface area (Å²) < 4.78 is 0. The fourth-order valence-electron chi connectivity index (χ4n) is 1.74. The molecular weight excluding hydrogens is 276 g/mol. The maximum absolute atomic E-state index is 11.9. The lowest BCUT2D eigenvalue weighted by atomic mass is 10.1. The quantitative estimate of drug-likeness (QED) is 0.504. The second-order valence-corrected chi connectivity index (χ2v) is 5.12. The van der Waals surface area contributed by atoms with E-state index < -0.39 is 17.5 Å². The van der Waals surface area contributed by atoms with Gasteiger partial charge in [-0.2, -0.15) is 0 Å². The fourth-order valence-corrected chi connectivity index (χ4v) is 2.66. The Labute approximate surface area is 119 Å². The first-order valence-corrected chi connectivity index (χ1v) is 6.74. The smallest absolute Gasteiger partial charge is 0.371 e. The molecule has 102 valence electrons. The number of rotatable bonds is 5. The summed E-state index contributed by atoms with van der Waals surface area (Å²) in [7, 11) is 0. The molecule has 2 rings (SSSR count). The number of allylic oxidation sites excluding steroid dienone is 1. The molecule has 0 spiro atoms. The first-order valence-electron chi connectivity index (χ1n) is 5.86. The van der Waals surface area contributed by atoms with Gasteiger partial charge in [0.25, 0.3) is 0 Å². The molecule has 0 atom stereocenters. The van der Waals surface area contributed by atoms with E-state index in [0.29, 0.717) is 12.0 Å². The number of carbonyl (C=O) groups excluding carboxylic acids is 1. The largest absolute Gasteiger partial charge is 0.502 e. The molecule has 20 heavy (non-hydrogen) atoms. The van der Waals surface area contributed by atoms with Gasteiger partial charge in [0.2, 0.25) is 5.76 Å². The number of carboxylic acid groups (broad SMARTS) is 1. The van der Waals surface area contributed by atoms with E-state index in [1.807, 2.05) is 30.3 Å². The highest BCUT2D eigenvalue weighted by Crippen LogP contribution is 2.21. The first kappa shape index (κ1) is 14.0. The van der Waals surface area contributed by atoms with E-state index in [2.05, 4.69) is 0 Å². The molecule has 1 heterocycles. The Hall–Kier alpha value is -2.40. The monoisotopic (exact) mass is 288 g/mol. The zero-order valence-electron chi connectivity index (χ0n) is 10.4. The number of thiophene rings is 1. The molecule has 0 aliphatic carbocycles. The van der Waals surface area contributed by atoms with E-state index in [1.54, 1.807) is 11.4 Å². The highest BCUT2D eigenvalue weighted by Gasteiger charge is 2.14. The lowest BCUT2D eigenvalue weighted by molar-refractivity contribution is -0.135. The van der Waals surface area contributed by atoms with Gasteiger partial charge in [0.05, 0.1) is 0 Å². The standard InChI is InChI=1S/C15H12O4S/c16-12(9-13(17)15(18)19)11-6-7-20-14(11)8-10-4-2-1-3-5-10/h1-7,9,17H,8H2,(H,18,19)/b13-9-. The number of carbonyl (C=O) groups is 2. The van der Waals surface area contributed by atoms with Crippen molar-refractivity contribution in [1.29, 1.82) is 0 Å². The van der Waals surface area contributed by atoms with Crippen molar-refractivity contribution in [2.75, 3.05) is 0 Å². The molecule has 0 unspecified atom stereocenters. The summed E-state index contributed by atoms with van der Waals surface area (Å²) in [5, 5.41) is 19.5. The van der Waals surface area contributed by atoms with Crippen LogP contribution in [0.25, 0.3) is 0 Å². The van der Waals surface area contributed by atoms with E-state index in [-0.39, 0.29) is 0 Å². The summed E-state index contributed by atoms with van der Waals surface area (Å²) in [6.07, 6.45) is 1.33. The van der Waals surface area contributed by atoms with Crippen LogP contribution in [0.15, 0.2) is 53.6 Å². The van der Waals surface area contributed by atoms with Crippen molar-refractivity contribution in [1.82, 2.24) is 0 Å². The van der Waals surface area contributed by atoms with Crippen molar-refractivity contribution in [2.24, 2.45) is 0 Å². The van der Waals surface area contributed by atoms with E-state index in [0.717, 1.165) is 16.5 Å². The Bertz CT molecular complexity index is 656. The molecule has 1 aromatic carbocycles. The zero-order valence-corrected chi connectivity index (χ0v) is 11.3. The minimum atomic E-state index is -1.52. The minimum Gasteiger partial charge on any atom is -0.502 e. The van der Waals surface area contributed by atoms with E-state index in [4.69, 9.17) is 10.2 Å². The van der Waals surface area contributed by atoms with Crippen molar-refractivity contribution >= 4 is 23.1 Å². The Balaban J connectivity index is 2.23. The average molecular weight is 288 g/mol. The van der Waals surface area contributed by atoms with Crippen molar-refractivity contribution in [2.45, 2.75) is 6.42 Å². The fraction of sp³-hybridized carbons (Fsp3) is 0.0667. The summed E-state index contributed by atoms with van der Waals surface area (Å²) in [6, 6.07) is 11.3. The maximum atomic E-state index is 11.9. The Morgan fingerprint density at radius 3 is 2.45 bits per heavy atom. The van der Waals surface area contributed by atoms with Crippen LogP contribution in [-0.2, 0) is 11.2 Å². The molecule has 0 amide bonds. The molecule has 5 heteroatoms. The van der Waals surface area contributed by atoms with Gasteiger partial charge in [-0.1, -0.05) is 30.3 Å². The Morgan fingerprint density at radius 2 is 1.80 bits per heavy atom. The summed E-state index contributed by atoms with van der Waals surface area (Å²) in [6.45, 7) is 0. The van der Waals surface area contributed by atoms with Gasteiger partial charge in [0.1, 0.15) is 0 Å². The average Bonchev–Trinajstić information content (AvgIpc) is 2.88. The van der Waals surface area contributed by atoms with Gasteiger partial charge in [0.15, 0.2) is 5.78 Å². The van der Waals surface area contributed by atoms with Crippen LogP contribution in [0.5, 0.6) is 0 Å². The second kappa shape index (κ2) is 6.16. The predicted molar refractivity (Wildman–Crippen MR) is 76.2 cm³/mol. The lowest BCUT2D eigenvalue weighted by Gasteiger charge is -2.01. The number of hydrogen-bond acceptors (Lipinski definition) is 4. The summed E-state index contributed by atoms with van der Waals surface area (Å²) in [5.41, 5.74) is 1.49. The SMILES string of the molecule is O=C(O)/C(O)=C/C(=O)c1ccsc1Cc1ccccc1. The number of ketones is 1. The third-order valence-corrected chi connectivity index (χ3v) is 3.63. The van der Waals surface area contributed by atoms with Gasteiger partial charge < -0.3 is 10.2 Å². The number of hydrogen-bond donors (Lipinski definition) is 2. The molecule has 1 aromatic heterocycles. The molecule has 2 aromatic rings. The summed E-state index contributed by atoms with van der Waals surface area (Å²) in [4.78, 5) is 23.3. The number of aliphatic carboxylic acids is 1. The van der Waals surface area contributed by atoms with Crippen molar-refractivity contribution in [3.8, 4) is 0 Å². The lowest BCUT2D eigenvalue weighted by Crippen LogP contribution is -2.04. The van der Waals surface area contributed by atoms with Crippen molar-refractivity contribution in [3.63, 3.8) is 0 Å². The second-order valence-electron chi connectivity index (χ2n) is 4.12. The molecule has 0 aliphatic heterocycles. The third kappa shape index (κ3) is 3.33. The maximum Gasteiger partial charge on any atom is 0.371 e. The molecule has 0 aliphatic rings. The highest BCUT2D eigenvalue weighted by molar-refractivity contribution is 7.10. The van der Waals surface area contributed by atoms with Crippen LogP contribution in [0.1, 0.15) is 20.8 Å². The normalized spacial score (nSPS) is 11.3. The van der Waals surface area contributed by atoms with Crippen molar-refractivity contribution in [3.05, 3.63) is 69.6 Å². The molecule has 4 nitrogen and oxygen atoms in total. The highest BCUT2D eigenvalue weighted by atomic mass is 32.1. The molecule has 0 fully saturated rings. The van der Waals surface area contributed by atoms with E-state index >= 15 is 0 Å². The number of benzene rings is 1. The molecule has 2 N–H and O–H groups in total. The van der Waals surface area contributed by atoms with E-state index in [1.165, 1.54) is 11.3 Å². The van der Waals surface area contributed by atoms with Crippen LogP contribution in [0.3, 0.4) is 0 Å². The molecule has 0 saturated heterocycles. The van der Waals surface area contributed by atoms with Gasteiger partial charge in [-0.15, -0.1) is 11.3 Å². The zero-order chi connectivity index (χ0) is 14.5. The summed E-state index contributed by atoms with van der Waals surface area (Å²) >= 11 is 1.43. The third-order valence-electron chi connectivity index (χ3n) is 2.71. The molecule has 0 saturated carbocycles. The van der Waals surface area contributed by atoms with Crippen LogP contribution >= 0.6 is 11.3 Å². The molecule has 0 radical (unpaired) electrons. The van der Waals surface area contributed by atoms with Crippen molar-refractivity contribution < 1.29 is 19.8 Å². The Morgan fingerprint density at radius 1 is 1.10 bits per heavy atom. The van der Waals surface area contributed by atoms with Gasteiger partial charge >= 0.3 is 5.97 Å². The first-order chi connectivity index (χ1) is 9.58. The van der Waals surface area contributed by atoms with Crippen LogP contribution in [0.4, 0.5) is 0 Å². The number of carboxylic acids is 1. The van der Waals surface area contributed by atoms with Gasteiger partial charge in [-0.3, -0.25) is 4.79 Å². The van der Waals surface area contributed by atoms with Gasteiger partial charge in [-0.25, -0.2) is 4.79 Å². The van der Waals surface area contributed by atoms with Crippen LogP contribution in [0.2, 0.25) is 0 Å². The predicted octanol–water partition coefficient (Wildman–Crippen LogP) is 3.05. The van der Waals surface area contributed by atoms with E-state index in [9.17, 15) is 9.59 Å². The summed E-state index contributed by atoms with van der Waals surface area (Å²) in [5.74, 6) is -2.97. The molecular formula is C15H12O4S. The minimum absolute atomic E-state index is 0.423. The van der Waals surface area contributed by atoms with Crippen LogP contribution in [-0.4, -0.2) is 22.0 Å². The van der Waals surface area contributed by atoms with Gasteiger partial charge in [-0.05, 0) is 17.0 Å². The Kier molecular flexibility index (Phi) is 4.32. The van der Waals surface area contributed by atoms with Crippen LogP contribution in [0, 0.1) is 0 Å². The topological polar surface area (TPSA) is 74.6 Å². The number of aliphatic hydroxyl groups is 1. The molecule has 0 bridgehead atoms. The number of aliphatic hydroxyl groups excluding tert-OH is 1. The van der Waals surface area contributed by atoms with Crippen LogP contribution < -0.4 is 0 Å². The van der Waals surface area contributed by atoms with Gasteiger partial charge in [0, 0.05) is 22.9 Å².